The quantitative estimate of drug-likeness (QED) is 0.888. The molecule has 2 rings (SSSR count). The van der Waals surface area contributed by atoms with Crippen molar-refractivity contribution in [2.45, 2.75) is 77.7 Å². The molecule has 1 atom stereocenters. The summed E-state index contributed by atoms with van der Waals surface area (Å²) in [5, 5.41) is 7.48. The average Bonchev–Trinajstić information content (AvgIpc) is 2.78. The van der Waals surface area contributed by atoms with Gasteiger partial charge in [0.25, 0.3) is 0 Å². The molecule has 5 nitrogen and oxygen atoms in total. The normalized spacial score (nSPS) is 24.8. The molecule has 0 bridgehead atoms. The van der Waals surface area contributed by atoms with Gasteiger partial charge in [-0.05, 0) is 40.5 Å². The largest absolute Gasteiger partial charge is 0.368 e. The molecule has 0 radical (unpaired) electrons. The van der Waals surface area contributed by atoms with E-state index in [2.05, 4.69) is 50.1 Å². The number of aromatic nitrogens is 2. The van der Waals surface area contributed by atoms with E-state index < -0.39 is 0 Å². The molecule has 0 saturated carbocycles. The summed E-state index contributed by atoms with van der Waals surface area (Å²) in [5.74, 6) is 1.45. The number of rotatable bonds is 5. The van der Waals surface area contributed by atoms with Gasteiger partial charge in [0.1, 0.15) is 0 Å². The molecule has 0 unspecified atom stereocenters. The second kappa shape index (κ2) is 5.21. The Labute approximate surface area is 115 Å². The zero-order valence-corrected chi connectivity index (χ0v) is 12.6. The van der Waals surface area contributed by atoms with Crippen LogP contribution in [0.3, 0.4) is 0 Å². The Balaban J connectivity index is 1.91. The third-order valence-electron chi connectivity index (χ3n) is 3.55. The zero-order chi connectivity index (χ0) is 14.1. The van der Waals surface area contributed by atoms with Crippen molar-refractivity contribution >= 4 is 0 Å². The van der Waals surface area contributed by atoms with E-state index in [-0.39, 0.29) is 11.2 Å². The molecule has 0 amide bonds. The summed E-state index contributed by atoms with van der Waals surface area (Å²) in [6.07, 6.45) is 2.85. The summed E-state index contributed by atoms with van der Waals surface area (Å²) in [6.45, 7) is 11.2. The Hall–Kier alpha value is -0.940. The summed E-state index contributed by atoms with van der Waals surface area (Å²) in [6, 6.07) is 0.302. The predicted molar refractivity (Wildman–Crippen MR) is 72.8 cm³/mol. The second-order valence-electron chi connectivity index (χ2n) is 6.46. The molecule has 1 saturated heterocycles. The summed E-state index contributed by atoms with van der Waals surface area (Å²) < 4.78 is 11.2. The van der Waals surface area contributed by atoms with Crippen LogP contribution in [0.15, 0.2) is 4.52 Å². The fourth-order valence-electron chi connectivity index (χ4n) is 2.77. The maximum absolute atomic E-state index is 6.05. The van der Waals surface area contributed by atoms with Crippen molar-refractivity contribution in [3.63, 3.8) is 0 Å². The summed E-state index contributed by atoms with van der Waals surface area (Å²) in [4.78, 5) is 4.36. The minimum Gasteiger partial charge on any atom is -0.368 e. The molecule has 0 spiro atoms. The van der Waals surface area contributed by atoms with Gasteiger partial charge in [-0.25, -0.2) is 0 Å². The van der Waals surface area contributed by atoms with Gasteiger partial charge >= 0.3 is 0 Å². The Morgan fingerprint density at radius 3 is 2.63 bits per heavy atom. The minimum atomic E-state index is -0.167. The lowest BCUT2D eigenvalue weighted by atomic mass is 9.94. The van der Waals surface area contributed by atoms with E-state index in [1.54, 1.807) is 0 Å². The van der Waals surface area contributed by atoms with Gasteiger partial charge in [0.2, 0.25) is 5.89 Å². The van der Waals surface area contributed by atoms with Crippen molar-refractivity contribution in [3.8, 4) is 0 Å². The molecule has 1 N–H and O–H groups in total. The maximum atomic E-state index is 6.05. The van der Waals surface area contributed by atoms with Crippen LogP contribution in [0.25, 0.3) is 0 Å². The number of nitrogens with one attached hydrogen (secondary N) is 1. The average molecular weight is 267 g/mol. The molecule has 2 heterocycles. The minimum absolute atomic E-state index is 0.0776. The lowest BCUT2D eigenvalue weighted by molar-refractivity contribution is -0.0699. The topological polar surface area (TPSA) is 60.2 Å². The summed E-state index contributed by atoms with van der Waals surface area (Å²) in [5.41, 5.74) is -0.245. The first-order valence-electron chi connectivity index (χ1n) is 7.07. The van der Waals surface area contributed by atoms with Crippen molar-refractivity contribution in [2.75, 3.05) is 0 Å². The molecule has 0 aromatic carbocycles. The Bertz CT molecular complexity index is 426. The van der Waals surface area contributed by atoms with Gasteiger partial charge in [-0.3, -0.25) is 0 Å². The fraction of sp³-hybridized carbons (Fsp3) is 0.857. The van der Waals surface area contributed by atoms with Crippen molar-refractivity contribution in [2.24, 2.45) is 0 Å². The van der Waals surface area contributed by atoms with E-state index in [9.17, 15) is 0 Å². The van der Waals surface area contributed by atoms with E-state index in [0.717, 1.165) is 31.0 Å². The first-order valence-corrected chi connectivity index (χ1v) is 7.07. The van der Waals surface area contributed by atoms with Crippen molar-refractivity contribution < 1.29 is 9.26 Å². The van der Waals surface area contributed by atoms with Gasteiger partial charge < -0.3 is 14.6 Å². The van der Waals surface area contributed by atoms with E-state index >= 15 is 0 Å². The highest BCUT2D eigenvalue weighted by Gasteiger charge is 2.45. The van der Waals surface area contributed by atoms with E-state index in [4.69, 9.17) is 9.26 Å². The Kier molecular flexibility index (Phi) is 3.97. The molecular formula is C14H25N3O2. The monoisotopic (exact) mass is 267 g/mol. The summed E-state index contributed by atoms with van der Waals surface area (Å²) >= 11 is 0. The van der Waals surface area contributed by atoms with Crippen LogP contribution in [0.4, 0.5) is 0 Å². The third kappa shape index (κ3) is 3.54. The van der Waals surface area contributed by atoms with Crippen molar-refractivity contribution in [3.05, 3.63) is 11.7 Å². The van der Waals surface area contributed by atoms with Gasteiger partial charge in [-0.1, -0.05) is 12.1 Å². The highest BCUT2D eigenvalue weighted by Crippen LogP contribution is 2.37. The molecule has 1 fully saturated rings. The van der Waals surface area contributed by atoms with Crippen LogP contribution >= 0.6 is 0 Å². The smallest absolute Gasteiger partial charge is 0.226 e. The molecule has 1 aliphatic heterocycles. The predicted octanol–water partition coefficient (Wildman–Crippen LogP) is 2.46. The highest BCUT2D eigenvalue weighted by atomic mass is 16.5. The zero-order valence-electron chi connectivity index (χ0n) is 12.6. The number of nitrogens with zero attached hydrogens (tertiary/aromatic N) is 2. The number of hydrogen-bond acceptors (Lipinski definition) is 5. The van der Waals surface area contributed by atoms with Gasteiger partial charge in [-0.2, -0.15) is 4.98 Å². The fourth-order valence-corrected chi connectivity index (χ4v) is 2.77. The second-order valence-corrected chi connectivity index (χ2v) is 6.46. The molecule has 0 aliphatic carbocycles. The Morgan fingerprint density at radius 2 is 2.05 bits per heavy atom. The highest BCUT2D eigenvalue weighted by molar-refractivity contribution is 4.99. The molecule has 1 aromatic rings. The van der Waals surface area contributed by atoms with Crippen LogP contribution < -0.4 is 5.32 Å². The molecule has 108 valence electrons. The van der Waals surface area contributed by atoms with Crippen LogP contribution in [0, 0.1) is 0 Å². The maximum Gasteiger partial charge on any atom is 0.226 e. The van der Waals surface area contributed by atoms with Crippen molar-refractivity contribution in [1.82, 2.24) is 15.5 Å². The number of hydrogen-bond donors (Lipinski definition) is 1. The molecule has 1 aliphatic rings. The summed E-state index contributed by atoms with van der Waals surface area (Å²) in [7, 11) is 0. The van der Waals surface area contributed by atoms with Crippen LogP contribution in [0.1, 0.15) is 59.2 Å². The molecule has 19 heavy (non-hydrogen) atoms. The van der Waals surface area contributed by atoms with Crippen molar-refractivity contribution in [1.29, 1.82) is 0 Å². The standard InChI is InChI=1S/C14H25N3O2/c1-6-7-12-16-11(17-18-12)9-15-10-8-13(2,3)19-14(10,4)5/h10,15H,6-9H2,1-5H3/t10-/m0/s1. The SMILES string of the molecule is CCCc1nc(CN[C@H]2CC(C)(C)OC2(C)C)no1. The first kappa shape index (κ1) is 14.5. The van der Waals surface area contributed by atoms with Gasteiger partial charge in [0.15, 0.2) is 5.82 Å². The van der Waals surface area contributed by atoms with E-state index in [0.29, 0.717) is 12.6 Å². The lowest BCUT2D eigenvalue weighted by Crippen LogP contribution is -2.43. The molecular weight excluding hydrogens is 242 g/mol. The molecule has 1 aromatic heterocycles. The molecule has 5 heteroatoms. The first-order chi connectivity index (χ1) is 8.82. The van der Waals surface area contributed by atoms with Crippen LogP contribution in [0.5, 0.6) is 0 Å². The van der Waals surface area contributed by atoms with Crippen LogP contribution in [0.2, 0.25) is 0 Å². The van der Waals surface area contributed by atoms with E-state index in [1.807, 2.05) is 0 Å². The number of ether oxygens (including phenoxy) is 1. The van der Waals surface area contributed by atoms with Gasteiger partial charge in [-0.15, -0.1) is 0 Å². The van der Waals surface area contributed by atoms with E-state index in [1.165, 1.54) is 0 Å². The number of aryl methyl sites for hydroxylation is 1. The van der Waals surface area contributed by atoms with Gasteiger partial charge in [0, 0.05) is 12.5 Å². The lowest BCUT2D eigenvalue weighted by Gasteiger charge is -2.27. The Morgan fingerprint density at radius 1 is 1.32 bits per heavy atom. The third-order valence-corrected chi connectivity index (χ3v) is 3.55. The van der Waals surface area contributed by atoms with Crippen LogP contribution in [-0.4, -0.2) is 27.4 Å². The van der Waals surface area contributed by atoms with Crippen LogP contribution in [-0.2, 0) is 17.7 Å². The van der Waals surface area contributed by atoms with Gasteiger partial charge in [0.05, 0.1) is 17.7 Å².